The molecule has 0 heterocycles. The lowest BCUT2D eigenvalue weighted by Crippen LogP contribution is -2.34. The van der Waals surface area contributed by atoms with E-state index in [0.717, 1.165) is 5.56 Å². The lowest BCUT2D eigenvalue weighted by Gasteiger charge is -2.25. The van der Waals surface area contributed by atoms with Gasteiger partial charge in [-0.3, -0.25) is 4.31 Å². The fraction of sp³-hybridized carbons (Fsp3) is 0.462. The second kappa shape index (κ2) is 5.46. The maximum atomic E-state index is 12.2. The summed E-state index contributed by atoms with van der Waals surface area (Å²) in [5.41, 5.74) is 6.55. The van der Waals surface area contributed by atoms with Crippen LogP contribution < -0.4 is 10.0 Å². The molecule has 0 saturated carbocycles. The Morgan fingerprint density at radius 1 is 1.26 bits per heavy atom. The molecule has 19 heavy (non-hydrogen) atoms. The van der Waals surface area contributed by atoms with E-state index in [0.29, 0.717) is 10.7 Å². The van der Waals surface area contributed by atoms with Gasteiger partial charge in [-0.15, -0.1) is 0 Å². The first-order valence-electron chi connectivity index (χ1n) is 5.89. The predicted molar refractivity (Wildman–Crippen MR) is 84.0 cm³/mol. The molecule has 0 fully saturated rings. The van der Waals surface area contributed by atoms with E-state index in [1.54, 1.807) is 31.3 Å². The van der Waals surface area contributed by atoms with Gasteiger partial charge in [-0.25, -0.2) is 8.42 Å². The molecule has 0 unspecified atom stereocenters. The molecule has 6 heteroatoms. The van der Waals surface area contributed by atoms with Crippen LogP contribution in [0.5, 0.6) is 0 Å². The van der Waals surface area contributed by atoms with E-state index in [-0.39, 0.29) is 11.2 Å². The van der Waals surface area contributed by atoms with E-state index >= 15 is 0 Å². The second-order valence-electron chi connectivity index (χ2n) is 5.70. The Hall–Kier alpha value is -1.14. The van der Waals surface area contributed by atoms with E-state index in [2.05, 4.69) is 0 Å². The molecule has 1 aromatic carbocycles. The zero-order chi connectivity index (χ0) is 14.8. The third-order valence-corrected chi connectivity index (χ3v) is 5.06. The fourth-order valence-electron chi connectivity index (χ4n) is 1.64. The lowest BCUT2D eigenvalue weighted by atomic mass is 10.0. The van der Waals surface area contributed by atoms with Gasteiger partial charge in [-0.05, 0) is 29.7 Å². The molecule has 0 atom stereocenters. The largest absolute Gasteiger partial charge is 0.389 e. The van der Waals surface area contributed by atoms with Crippen molar-refractivity contribution >= 4 is 32.9 Å². The van der Waals surface area contributed by atoms with Crippen molar-refractivity contribution in [2.45, 2.75) is 20.8 Å². The van der Waals surface area contributed by atoms with Crippen LogP contribution in [0.2, 0.25) is 0 Å². The number of rotatable bonds is 4. The molecule has 0 spiro atoms. The van der Waals surface area contributed by atoms with Gasteiger partial charge < -0.3 is 5.73 Å². The van der Waals surface area contributed by atoms with Crippen molar-refractivity contribution in [2.24, 2.45) is 11.1 Å². The lowest BCUT2D eigenvalue weighted by molar-refractivity contribution is 0.461. The maximum absolute atomic E-state index is 12.2. The highest BCUT2D eigenvalue weighted by Gasteiger charge is 2.25. The number of sulfonamides is 1. The standard InChI is InChI=1S/C13H20N2O2S2/c1-13(2,3)9-19(16,17)15(4)11-7-5-10(6-8-11)12(14)18/h5-8H,9H2,1-4H3,(H2,14,18). The third kappa shape index (κ3) is 4.47. The monoisotopic (exact) mass is 300 g/mol. The van der Waals surface area contributed by atoms with Crippen molar-refractivity contribution in [3.63, 3.8) is 0 Å². The summed E-state index contributed by atoms with van der Waals surface area (Å²) in [5.74, 6) is 0.0908. The minimum Gasteiger partial charge on any atom is -0.389 e. The highest BCUT2D eigenvalue weighted by molar-refractivity contribution is 7.92. The molecule has 0 bridgehead atoms. The van der Waals surface area contributed by atoms with Crippen molar-refractivity contribution in [3.05, 3.63) is 29.8 Å². The average Bonchev–Trinajstić information content (AvgIpc) is 2.25. The van der Waals surface area contributed by atoms with Crippen LogP contribution >= 0.6 is 12.2 Å². The molecule has 0 aliphatic heterocycles. The summed E-state index contributed by atoms with van der Waals surface area (Å²) >= 11 is 4.86. The van der Waals surface area contributed by atoms with Crippen LogP contribution in [0.25, 0.3) is 0 Å². The van der Waals surface area contributed by atoms with Crippen LogP contribution in [-0.2, 0) is 10.0 Å². The van der Waals surface area contributed by atoms with Crippen LogP contribution in [-0.4, -0.2) is 26.2 Å². The van der Waals surface area contributed by atoms with Crippen LogP contribution in [0.4, 0.5) is 5.69 Å². The number of hydrogen-bond acceptors (Lipinski definition) is 3. The van der Waals surface area contributed by atoms with E-state index in [4.69, 9.17) is 18.0 Å². The SMILES string of the molecule is CN(c1ccc(C(N)=S)cc1)S(=O)(=O)CC(C)(C)C. The van der Waals surface area contributed by atoms with Crippen LogP contribution in [0.1, 0.15) is 26.3 Å². The molecule has 0 amide bonds. The van der Waals surface area contributed by atoms with E-state index in [1.165, 1.54) is 4.31 Å². The van der Waals surface area contributed by atoms with E-state index in [1.807, 2.05) is 20.8 Å². The van der Waals surface area contributed by atoms with Gasteiger partial charge in [-0.2, -0.15) is 0 Å². The Balaban J connectivity index is 3.00. The first-order valence-corrected chi connectivity index (χ1v) is 7.91. The first-order chi connectivity index (χ1) is 8.53. The molecule has 0 aliphatic rings. The highest BCUT2D eigenvalue weighted by atomic mass is 32.2. The molecular formula is C13H20N2O2S2. The summed E-state index contributed by atoms with van der Waals surface area (Å²) in [6, 6.07) is 6.85. The minimum atomic E-state index is -3.33. The quantitative estimate of drug-likeness (QED) is 0.865. The Morgan fingerprint density at radius 2 is 1.74 bits per heavy atom. The van der Waals surface area contributed by atoms with Gasteiger partial charge in [0.25, 0.3) is 0 Å². The third-order valence-electron chi connectivity index (χ3n) is 2.55. The molecule has 0 aliphatic carbocycles. The number of nitrogens with two attached hydrogens (primary N) is 1. The Bertz CT molecular complexity index is 557. The molecular weight excluding hydrogens is 280 g/mol. The molecule has 106 valence electrons. The van der Waals surface area contributed by atoms with Gasteiger partial charge in [-0.1, -0.05) is 33.0 Å². The molecule has 0 radical (unpaired) electrons. The molecule has 4 nitrogen and oxygen atoms in total. The van der Waals surface area contributed by atoms with Crippen LogP contribution in [0.3, 0.4) is 0 Å². The maximum Gasteiger partial charge on any atom is 0.235 e. The van der Waals surface area contributed by atoms with Gasteiger partial charge in [0.05, 0.1) is 11.4 Å². The van der Waals surface area contributed by atoms with Crippen molar-refractivity contribution in [2.75, 3.05) is 17.1 Å². The smallest absolute Gasteiger partial charge is 0.235 e. The topological polar surface area (TPSA) is 63.4 Å². The zero-order valence-corrected chi connectivity index (χ0v) is 13.3. The van der Waals surface area contributed by atoms with Crippen LogP contribution in [0, 0.1) is 5.41 Å². The van der Waals surface area contributed by atoms with Crippen molar-refractivity contribution in [1.82, 2.24) is 0 Å². The Labute approximate surface area is 120 Å². The zero-order valence-electron chi connectivity index (χ0n) is 11.7. The van der Waals surface area contributed by atoms with Gasteiger partial charge in [0.2, 0.25) is 10.0 Å². The van der Waals surface area contributed by atoms with Gasteiger partial charge in [0, 0.05) is 12.6 Å². The Morgan fingerprint density at radius 3 is 2.11 bits per heavy atom. The second-order valence-corrected chi connectivity index (χ2v) is 8.14. The number of anilines is 1. The normalized spacial score (nSPS) is 12.2. The summed E-state index contributed by atoms with van der Waals surface area (Å²) in [5, 5.41) is 0. The minimum absolute atomic E-state index is 0.0908. The summed E-state index contributed by atoms with van der Waals surface area (Å²) in [4.78, 5) is 0.298. The van der Waals surface area contributed by atoms with Crippen molar-refractivity contribution < 1.29 is 8.42 Å². The van der Waals surface area contributed by atoms with Crippen molar-refractivity contribution in [1.29, 1.82) is 0 Å². The number of nitrogens with zero attached hydrogens (tertiary/aromatic N) is 1. The molecule has 0 aromatic heterocycles. The highest BCUT2D eigenvalue weighted by Crippen LogP contribution is 2.22. The molecule has 1 aromatic rings. The molecule has 1 rings (SSSR count). The predicted octanol–water partition coefficient (Wildman–Crippen LogP) is 2.13. The summed E-state index contributed by atoms with van der Waals surface area (Å²) < 4.78 is 25.8. The molecule has 0 saturated heterocycles. The number of hydrogen-bond donors (Lipinski definition) is 1. The average molecular weight is 300 g/mol. The van der Waals surface area contributed by atoms with Crippen molar-refractivity contribution in [3.8, 4) is 0 Å². The summed E-state index contributed by atoms with van der Waals surface area (Å²) in [6.07, 6.45) is 0. The number of benzene rings is 1. The molecule has 2 N–H and O–H groups in total. The number of thiocarbonyl (C=S) groups is 1. The first kappa shape index (κ1) is 15.9. The summed E-state index contributed by atoms with van der Waals surface area (Å²) in [6.45, 7) is 5.69. The van der Waals surface area contributed by atoms with E-state index in [9.17, 15) is 8.42 Å². The van der Waals surface area contributed by atoms with Crippen LogP contribution in [0.15, 0.2) is 24.3 Å². The van der Waals surface area contributed by atoms with Gasteiger partial charge >= 0.3 is 0 Å². The fourth-order valence-corrected chi connectivity index (χ4v) is 3.51. The Kier molecular flexibility index (Phi) is 4.58. The summed E-state index contributed by atoms with van der Waals surface area (Å²) in [7, 11) is -1.78. The van der Waals surface area contributed by atoms with E-state index < -0.39 is 10.0 Å². The van der Waals surface area contributed by atoms with Gasteiger partial charge in [0.1, 0.15) is 4.99 Å². The van der Waals surface area contributed by atoms with Gasteiger partial charge in [0.15, 0.2) is 0 Å².